The maximum atomic E-state index is 13.5. The average Bonchev–Trinajstić information content (AvgIpc) is 2.88. The summed E-state index contributed by atoms with van der Waals surface area (Å²) in [5, 5.41) is 2.78. The first-order valence-electron chi connectivity index (χ1n) is 11.2. The van der Waals surface area contributed by atoms with Crippen LogP contribution < -0.4 is 19.1 Å². The first-order chi connectivity index (χ1) is 16.9. The second kappa shape index (κ2) is 10.8. The van der Waals surface area contributed by atoms with E-state index in [1.54, 1.807) is 24.3 Å². The second-order valence-electron chi connectivity index (χ2n) is 8.12. The number of ether oxygens (including phenoxy) is 3. The number of hydrogen-bond donors (Lipinski definition) is 1. The maximum absolute atomic E-state index is 13.5. The standard InChI is InChI=1S/C26H28N2O6S/c1-19-8-13-23-24(16-19)34-25(26(29)27-14-15-33-18-20-6-4-3-5-7-20)17-28(23)35(30,31)22-11-9-21(32-2)10-12-22/h3-13,16,25H,14-15,17-18H2,1-2H3,(H,27,29)/t25-/m1/s1. The molecule has 1 atom stereocenters. The zero-order valence-corrected chi connectivity index (χ0v) is 20.5. The Bertz CT molecular complexity index is 1260. The van der Waals surface area contributed by atoms with Crippen molar-refractivity contribution in [3.05, 3.63) is 83.9 Å². The third-order valence-electron chi connectivity index (χ3n) is 5.58. The minimum absolute atomic E-state index is 0.0974. The van der Waals surface area contributed by atoms with Crippen molar-refractivity contribution in [2.75, 3.05) is 31.1 Å². The van der Waals surface area contributed by atoms with E-state index in [-0.39, 0.29) is 18.0 Å². The molecule has 1 aliphatic rings. The number of hydrogen-bond acceptors (Lipinski definition) is 6. The number of fused-ring (bicyclic) bond motifs is 1. The molecule has 0 radical (unpaired) electrons. The van der Waals surface area contributed by atoms with Crippen LogP contribution in [-0.4, -0.2) is 47.2 Å². The van der Waals surface area contributed by atoms with Crippen LogP contribution in [0.5, 0.6) is 11.5 Å². The lowest BCUT2D eigenvalue weighted by atomic mass is 10.1. The number of amides is 1. The molecule has 1 heterocycles. The molecule has 8 nitrogen and oxygen atoms in total. The number of benzene rings is 3. The molecule has 0 saturated carbocycles. The van der Waals surface area contributed by atoms with E-state index in [0.717, 1.165) is 11.1 Å². The van der Waals surface area contributed by atoms with E-state index in [2.05, 4.69) is 5.32 Å². The number of carbonyl (C=O) groups excluding carboxylic acids is 1. The highest BCUT2D eigenvalue weighted by Crippen LogP contribution is 2.38. The molecule has 4 rings (SSSR count). The molecular formula is C26H28N2O6S. The molecule has 0 aliphatic carbocycles. The zero-order valence-electron chi connectivity index (χ0n) is 19.6. The van der Waals surface area contributed by atoms with Gasteiger partial charge in [0.2, 0.25) is 0 Å². The normalized spacial score (nSPS) is 15.1. The van der Waals surface area contributed by atoms with Crippen LogP contribution in [0, 0.1) is 6.92 Å². The monoisotopic (exact) mass is 496 g/mol. The largest absolute Gasteiger partial charge is 0.497 e. The van der Waals surface area contributed by atoms with E-state index in [1.807, 2.05) is 43.3 Å². The lowest BCUT2D eigenvalue weighted by Gasteiger charge is -2.35. The molecule has 0 fully saturated rings. The fraction of sp³-hybridized carbons (Fsp3) is 0.269. The third kappa shape index (κ3) is 5.75. The third-order valence-corrected chi connectivity index (χ3v) is 7.38. The van der Waals surface area contributed by atoms with Gasteiger partial charge in [0.25, 0.3) is 15.9 Å². The fourth-order valence-corrected chi connectivity index (χ4v) is 5.20. The molecule has 0 bridgehead atoms. The Labute approximate surface area is 205 Å². The molecule has 1 amide bonds. The Morgan fingerprint density at radius 2 is 1.83 bits per heavy atom. The van der Waals surface area contributed by atoms with Gasteiger partial charge in [-0.25, -0.2) is 8.42 Å². The van der Waals surface area contributed by atoms with Crippen LogP contribution in [0.1, 0.15) is 11.1 Å². The number of sulfonamides is 1. The van der Waals surface area contributed by atoms with Crippen LogP contribution in [-0.2, 0) is 26.2 Å². The number of rotatable bonds is 9. The topological polar surface area (TPSA) is 94.2 Å². The van der Waals surface area contributed by atoms with Crippen molar-refractivity contribution in [2.45, 2.75) is 24.5 Å². The predicted molar refractivity (Wildman–Crippen MR) is 132 cm³/mol. The first kappa shape index (κ1) is 24.6. The predicted octanol–water partition coefficient (Wildman–Crippen LogP) is 3.29. The van der Waals surface area contributed by atoms with Crippen LogP contribution in [0.25, 0.3) is 0 Å². The summed E-state index contributed by atoms with van der Waals surface area (Å²) in [6.07, 6.45) is -1.01. The summed E-state index contributed by atoms with van der Waals surface area (Å²) in [7, 11) is -2.43. The SMILES string of the molecule is COc1ccc(S(=O)(=O)N2C[C@H](C(=O)NCCOCc3ccccc3)Oc3cc(C)ccc32)cc1. The fourth-order valence-electron chi connectivity index (χ4n) is 3.72. The summed E-state index contributed by atoms with van der Waals surface area (Å²) in [6.45, 7) is 2.76. The molecule has 3 aromatic carbocycles. The van der Waals surface area contributed by atoms with Crippen LogP contribution in [0.4, 0.5) is 5.69 Å². The minimum atomic E-state index is -3.95. The zero-order chi connectivity index (χ0) is 24.8. The van der Waals surface area contributed by atoms with Gasteiger partial charge >= 0.3 is 0 Å². The van der Waals surface area contributed by atoms with Gasteiger partial charge in [-0.2, -0.15) is 0 Å². The quantitative estimate of drug-likeness (QED) is 0.457. The number of nitrogens with one attached hydrogen (secondary N) is 1. The molecule has 3 aromatic rings. The molecule has 184 valence electrons. The van der Waals surface area contributed by atoms with Crippen LogP contribution in [0.15, 0.2) is 77.7 Å². The number of methoxy groups -OCH3 is 1. The smallest absolute Gasteiger partial charge is 0.264 e. The molecular weight excluding hydrogens is 468 g/mol. The van der Waals surface area contributed by atoms with Crippen LogP contribution in [0.3, 0.4) is 0 Å². The molecule has 0 spiro atoms. The van der Waals surface area contributed by atoms with Gasteiger partial charge in [0, 0.05) is 6.54 Å². The van der Waals surface area contributed by atoms with Crippen LogP contribution in [0.2, 0.25) is 0 Å². The van der Waals surface area contributed by atoms with E-state index in [9.17, 15) is 13.2 Å². The van der Waals surface area contributed by atoms with Crippen molar-refractivity contribution in [2.24, 2.45) is 0 Å². The number of anilines is 1. The van der Waals surface area contributed by atoms with Gasteiger partial charge in [0.15, 0.2) is 6.10 Å². The lowest BCUT2D eigenvalue weighted by molar-refractivity contribution is -0.128. The van der Waals surface area contributed by atoms with Crippen molar-refractivity contribution < 1.29 is 27.4 Å². The van der Waals surface area contributed by atoms with Gasteiger partial charge in [0.1, 0.15) is 11.5 Å². The van der Waals surface area contributed by atoms with Gasteiger partial charge < -0.3 is 19.5 Å². The Hall–Kier alpha value is -3.56. The molecule has 1 aliphatic heterocycles. The van der Waals surface area contributed by atoms with Crippen molar-refractivity contribution in [3.63, 3.8) is 0 Å². The van der Waals surface area contributed by atoms with E-state index >= 15 is 0 Å². The van der Waals surface area contributed by atoms with Crippen molar-refractivity contribution in [3.8, 4) is 11.5 Å². The first-order valence-corrected chi connectivity index (χ1v) is 12.7. The van der Waals surface area contributed by atoms with E-state index in [0.29, 0.717) is 30.4 Å². The van der Waals surface area contributed by atoms with Gasteiger partial charge in [0.05, 0.1) is 37.5 Å². The molecule has 0 saturated heterocycles. The van der Waals surface area contributed by atoms with Crippen molar-refractivity contribution in [1.82, 2.24) is 5.32 Å². The van der Waals surface area contributed by atoms with E-state index < -0.39 is 22.0 Å². The summed E-state index contributed by atoms with van der Waals surface area (Å²) < 4.78 is 44.9. The van der Waals surface area contributed by atoms with Gasteiger partial charge in [-0.1, -0.05) is 36.4 Å². The Kier molecular flexibility index (Phi) is 7.57. The summed E-state index contributed by atoms with van der Waals surface area (Å²) >= 11 is 0. The summed E-state index contributed by atoms with van der Waals surface area (Å²) in [6, 6.07) is 21.1. The van der Waals surface area contributed by atoms with E-state index in [4.69, 9.17) is 14.2 Å². The molecule has 35 heavy (non-hydrogen) atoms. The van der Waals surface area contributed by atoms with Crippen molar-refractivity contribution in [1.29, 1.82) is 0 Å². The Morgan fingerprint density at radius 3 is 2.54 bits per heavy atom. The van der Waals surface area contributed by atoms with Gasteiger partial charge in [-0.15, -0.1) is 0 Å². The number of carbonyl (C=O) groups is 1. The molecule has 9 heteroatoms. The highest BCUT2D eigenvalue weighted by molar-refractivity contribution is 7.92. The van der Waals surface area contributed by atoms with Crippen LogP contribution >= 0.6 is 0 Å². The molecule has 0 aromatic heterocycles. The molecule has 1 N–H and O–H groups in total. The number of nitrogens with zero attached hydrogens (tertiary/aromatic N) is 1. The maximum Gasteiger partial charge on any atom is 0.264 e. The number of aryl methyl sites for hydroxylation is 1. The summed E-state index contributed by atoms with van der Waals surface area (Å²) in [5.74, 6) is 0.484. The summed E-state index contributed by atoms with van der Waals surface area (Å²) in [5.41, 5.74) is 2.32. The van der Waals surface area contributed by atoms with Gasteiger partial charge in [-0.05, 0) is 54.4 Å². The highest BCUT2D eigenvalue weighted by atomic mass is 32.2. The summed E-state index contributed by atoms with van der Waals surface area (Å²) in [4.78, 5) is 13.0. The Morgan fingerprint density at radius 1 is 1.09 bits per heavy atom. The van der Waals surface area contributed by atoms with E-state index in [1.165, 1.54) is 23.5 Å². The van der Waals surface area contributed by atoms with Crippen molar-refractivity contribution >= 4 is 21.6 Å². The lowest BCUT2D eigenvalue weighted by Crippen LogP contribution is -2.51. The highest BCUT2D eigenvalue weighted by Gasteiger charge is 2.37. The average molecular weight is 497 g/mol. The molecule has 0 unspecified atom stereocenters. The minimum Gasteiger partial charge on any atom is -0.497 e. The van der Waals surface area contributed by atoms with Gasteiger partial charge in [-0.3, -0.25) is 9.10 Å². The second-order valence-corrected chi connectivity index (χ2v) is 9.98. The Balaban J connectivity index is 1.46.